The minimum atomic E-state index is -3.69. The zero-order valence-electron chi connectivity index (χ0n) is 13.6. The highest BCUT2D eigenvalue weighted by Gasteiger charge is 2.13. The zero-order valence-corrected chi connectivity index (χ0v) is 15.3. The summed E-state index contributed by atoms with van der Waals surface area (Å²) in [7, 11) is -2.13. The van der Waals surface area contributed by atoms with Crippen LogP contribution >= 0.6 is 11.3 Å². The molecule has 0 aliphatic carbocycles. The van der Waals surface area contributed by atoms with Crippen molar-refractivity contribution in [2.45, 2.75) is 18.2 Å². The highest BCUT2D eigenvalue weighted by molar-refractivity contribution is 7.89. The van der Waals surface area contributed by atoms with Crippen LogP contribution in [0.2, 0.25) is 0 Å². The lowest BCUT2D eigenvalue weighted by Gasteiger charge is -2.01. The minimum absolute atomic E-state index is 0.0896. The van der Waals surface area contributed by atoms with Crippen LogP contribution in [-0.4, -0.2) is 30.5 Å². The van der Waals surface area contributed by atoms with Crippen molar-refractivity contribution in [3.05, 3.63) is 53.1 Å². The van der Waals surface area contributed by atoms with Gasteiger partial charge in [0, 0.05) is 12.5 Å². The number of hydrogen-bond donors (Lipinski definition) is 1. The molecule has 1 aromatic carbocycles. The SMILES string of the molecule is COc1cc(Cc2nc(C)c(-c3ccc(S(N)(=O)=O)cc3)s2)ncn1. The normalized spacial score (nSPS) is 11.5. The third kappa shape index (κ3) is 4.01. The second-order valence-electron chi connectivity index (χ2n) is 5.32. The molecular weight excluding hydrogens is 360 g/mol. The van der Waals surface area contributed by atoms with Crippen LogP contribution in [0, 0.1) is 6.92 Å². The smallest absolute Gasteiger partial charge is 0.238 e. The number of aromatic nitrogens is 3. The molecule has 0 spiro atoms. The predicted molar refractivity (Wildman–Crippen MR) is 95.1 cm³/mol. The summed E-state index contributed by atoms with van der Waals surface area (Å²) in [5.74, 6) is 0.511. The molecule has 3 aromatic rings. The summed E-state index contributed by atoms with van der Waals surface area (Å²) >= 11 is 1.54. The van der Waals surface area contributed by atoms with Gasteiger partial charge in [0.25, 0.3) is 0 Å². The Morgan fingerprint density at radius 1 is 1.20 bits per heavy atom. The first-order valence-corrected chi connectivity index (χ1v) is 9.67. The Morgan fingerprint density at radius 2 is 1.92 bits per heavy atom. The third-order valence-corrected chi connectivity index (χ3v) is 5.66. The number of aryl methyl sites for hydroxylation is 1. The fraction of sp³-hybridized carbons (Fsp3) is 0.188. The van der Waals surface area contributed by atoms with Crippen molar-refractivity contribution < 1.29 is 13.2 Å². The Balaban J connectivity index is 1.87. The third-order valence-electron chi connectivity index (χ3n) is 3.53. The van der Waals surface area contributed by atoms with Gasteiger partial charge in [-0.3, -0.25) is 0 Å². The molecule has 0 aliphatic heterocycles. The minimum Gasteiger partial charge on any atom is -0.481 e. The van der Waals surface area contributed by atoms with Gasteiger partial charge in [0.05, 0.1) is 33.3 Å². The number of benzene rings is 1. The molecule has 2 heterocycles. The van der Waals surface area contributed by atoms with E-state index in [2.05, 4.69) is 15.0 Å². The standard InChI is InChI=1S/C16H16N4O3S2/c1-10-16(11-3-5-13(6-4-11)25(17,21)22)24-15(20-10)8-12-7-14(23-2)19-9-18-12/h3-7,9H,8H2,1-2H3,(H2,17,21,22). The molecule has 0 saturated heterocycles. The molecule has 3 rings (SSSR count). The highest BCUT2D eigenvalue weighted by Crippen LogP contribution is 2.31. The summed E-state index contributed by atoms with van der Waals surface area (Å²) in [5.41, 5.74) is 2.59. The summed E-state index contributed by atoms with van der Waals surface area (Å²) in [4.78, 5) is 13.9. The number of ether oxygens (including phenoxy) is 1. The van der Waals surface area contributed by atoms with Crippen LogP contribution in [0.25, 0.3) is 10.4 Å². The number of thiazole rings is 1. The van der Waals surface area contributed by atoms with Crippen molar-refractivity contribution in [2.75, 3.05) is 7.11 Å². The van der Waals surface area contributed by atoms with Crippen LogP contribution in [0.3, 0.4) is 0 Å². The van der Waals surface area contributed by atoms with Gasteiger partial charge in [0.1, 0.15) is 6.33 Å². The lowest BCUT2D eigenvalue weighted by atomic mass is 10.2. The number of nitrogens with zero attached hydrogens (tertiary/aromatic N) is 3. The number of sulfonamides is 1. The molecule has 25 heavy (non-hydrogen) atoms. The molecule has 0 amide bonds. The Morgan fingerprint density at radius 3 is 2.56 bits per heavy atom. The first kappa shape index (κ1) is 17.5. The average molecular weight is 376 g/mol. The van der Waals surface area contributed by atoms with Crippen molar-refractivity contribution in [2.24, 2.45) is 5.14 Å². The Bertz CT molecular complexity index is 998. The summed E-state index contributed by atoms with van der Waals surface area (Å²) in [5, 5.41) is 6.04. The maximum Gasteiger partial charge on any atom is 0.238 e. The second kappa shape index (κ2) is 6.87. The van der Waals surface area contributed by atoms with Crippen LogP contribution in [-0.2, 0) is 16.4 Å². The van der Waals surface area contributed by atoms with Gasteiger partial charge in [-0.15, -0.1) is 11.3 Å². The lowest BCUT2D eigenvalue weighted by Crippen LogP contribution is -2.11. The Kier molecular flexibility index (Phi) is 4.80. The number of hydrogen-bond acceptors (Lipinski definition) is 7. The second-order valence-corrected chi connectivity index (χ2v) is 7.97. The van der Waals surface area contributed by atoms with Gasteiger partial charge < -0.3 is 4.74 Å². The summed E-state index contributed by atoms with van der Waals surface area (Å²) < 4.78 is 27.8. The van der Waals surface area contributed by atoms with Gasteiger partial charge in [-0.25, -0.2) is 28.5 Å². The van der Waals surface area contributed by atoms with Gasteiger partial charge in [-0.1, -0.05) is 12.1 Å². The highest BCUT2D eigenvalue weighted by atomic mass is 32.2. The Labute approximate surface area is 149 Å². The topological polar surface area (TPSA) is 108 Å². The van der Waals surface area contributed by atoms with Crippen molar-refractivity contribution >= 4 is 21.4 Å². The van der Waals surface area contributed by atoms with E-state index in [9.17, 15) is 8.42 Å². The molecule has 2 N–H and O–H groups in total. The largest absolute Gasteiger partial charge is 0.481 e. The van der Waals surface area contributed by atoms with E-state index >= 15 is 0 Å². The number of nitrogens with two attached hydrogens (primary N) is 1. The van der Waals surface area contributed by atoms with Crippen LogP contribution < -0.4 is 9.88 Å². The summed E-state index contributed by atoms with van der Waals surface area (Å²) in [6.07, 6.45) is 2.03. The molecular formula is C16H16N4O3S2. The molecule has 0 saturated carbocycles. The molecule has 7 nitrogen and oxygen atoms in total. The van der Waals surface area contributed by atoms with E-state index in [0.717, 1.165) is 26.8 Å². The summed E-state index contributed by atoms with van der Waals surface area (Å²) in [6, 6.07) is 8.24. The quantitative estimate of drug-likeness (QED) is 0.731. The van der Waals surface area contributed by atoms with Crippen molar-refractivity contribution in [3.63, 3.8) is 0 Å². The van der Waals surface area contributed by atoms with E-state index in [1.807, 2.05) is 6.92 Å². The first-order chi connectivity index (χ1) is 11.9. The van der Waals surface area contributed by atoms with Crippen LogP contribution in [0.1, 0.15) is 16.4 Å². The van der Waals surface area contributed by atoms with Crippen molar-refractivity contribution in [1.29, 1.82) is 0 Å². The van der Waals surface area contributed by atoms with Crippen LogP contribution in [0.15, 0.2) is 41.6 Å². The fourth-order valence-corrected chi connectivity index (χ4v) is 3.93. The number of rotatable bonds is 5. The van der Waals surface area contributed by atoms with Crippen LogP contribution in [0.5, 0.6) is 5.88 Å². The predicted octanol–water partition coefficient (Wildman–Crippen LogP) is 2.16. The van der Waals surface area contributed by atoms with E-state index in [1.165, 1.54) is 18.5 Å². The molecule has 130 valence electrons. The molecule has 0 bridgehead atoms. The number of methoxy groups -OCH3 is 1. The average Bonchev–Trinajstić information content (AvgIpc) is 2.94. The first-order valence-electron chi connectivity index (χ1n) is 7.31. The molecule has 0 aliphatic rings. The van der Waals surface area contributed by atoms with E-state index in [0.29, 0.717) is 12.3 Å². The Hall–Kier alpha value is -2.36. The van der Waals surface area contributed by atoms with E-state index in [4.69, 9.17) is 9.88 Å². The summed E-state index contributed by atoms with van der Waals surface area (Å²) in [6.45, 7) is 1.92. The maximum absolute atomic E-state index is 11.4. The van der Waals surface area contributed by atoms with E-state index in [-0.39, 0.29) is 4.90 Å². The number of primary sulfonamides is 1. The molecule has 0 fully saturated rings. The van der Waals surface area contributed by atoms with Gasteiger partial charge in [0.2, 0.25) is 15.9 Å². The zero-order chi connectivity index (χ0) is 18.0. The fourth-order valence-electron chi connectivity index (χ4n) is 2.33. The van der Waals surface area contributed by atoms with Gasteiger partial charge in [-0.2, -0.15) is 0 Å². The molecule has 0 atom stereocenters. The molecule has 9 heteroatoms. The van der Waals surface area contributed by atoms with E-state index in [1.54, 1.807) is 36.6 Å². The van der Waals surface area contributed by atoms with Gasteiger partial charge in [0.15, 0.2) is 0 Å². The van der Waals surface area contributed by atoms with Crippen molar-refractivity contribution in [3.8, 4) is 16.3 Å². The van der Waals surface area contributed by atoms with Gasteiger partial charge >= 0.3 is 0 Å². The van der Waals surface area contributed by atoms with Gasteiger partial charge in [-0.05, 0) is 24.6 Å². The monoisotopic (exact) mass is 376 g/mol. The van der Waals surface area contributed by atoms with Crippen molar-refractivity contribution in [1.82, 2.24) is 15.0 Å². The molecule has 0 unspecified atom stereocenters. The molecule has 2 aromatic heterocycles. The van der Waals surface area contributed by atoms with Crippen LogP contribution in [0.4, 0.5) is 0 Å². The lowest BCUT2D eigenvalue weighted by molar-refractivity contribution is 0.396. The maximum atomic E-state index is 11.4. The molecule has 0 radical (unpaired) electrons. The van der Waals surface area contributed by atoms with E-state index < -0.39 is 10.0 Å².